The molecule has 2 N–H and O–H groups in total. The second-order valence-corrected chi connectivity index (χ2v) is 5.89. The van der Waals surface area contributed by atoms with E-state index in [0.717, 1.165) is 26.2 Å². The van der Waals surface area contributed by atoms with Gasteiger partial charge in [0.2, 0.25) is 0 Å². The van der Waals surface area contributed by atoms with Gasteiger partial charge in [-0.2, -0.15) is 0 Å². The molecular weight excluding hydrogens is 248 g/mol. The zero-order valence-corrected chi connectivity index (χ0v) is 13.8. The van der Waals surface area contributed by atoms with E-state index >= 15 is 0 Å². The monoisotopic (exact) mass is 284 g/mol. The molecule has 0 aliphatic carbocycles. The van der Waals surface area contributed by atoms with Gasteiger partial charge in [0.05, 0.1) is 0 Å². The van der Waals surface area contributed by atoms with E-state index in [1.165, 1.54) is 65.0 Å². The summed E-state index contributed by atoms with van der Waals surface area (Å²) in [6.07, 6.45) is 5.40. The number of hydrogen-bond acceptors (Lipinski definition) is 4. The van der Waals surface area contributed by atoms with Crippen LogP contribution in [0.4, 0.5) is 0 Å². The second kappa shape index (κ2) is 12.6. The van der Waals surface area contributed by atoms with Crippen LogP contribution in [-0.2, 0) is 0 Å². The third-order valence-corrected chi connectivity index (χ3v) is 4.08. The van der Waals surface area contributed by atoms with Crippen molar-refractivity contribution in [2.45, 2.75) is 39.5 Å². The van der Waals surface area contributed by atoms with E-state index in [1.807, 2.05) is 0 Å². The van der Waals surface area contributed by atoms with Crippen molar-refractivity contribution in [1.29, 1.82) is 0 Å². The van der Waals surface area contributed by atoms with Crippen LogP contribution in [0.3, 0.4) is 0 Å². The number of rotatable bonds is 6. The van der Waals surface area contributed by atoms with Crippen LogP contribution < -0.4 is 10.6 Å². The summed E-state index contributed by atoms with van der Waals surface area (Å²) in [5.41, 5.74) is 0. The molecule has 0 amide bonds. The predicted octanol–water partition coefficient (Wildman–Crippen LogP) is 1.38. The van der Waals surface area contributed by atoms with Gasteiger partial charge in [0.25, 0.3) is 0 Å². The van der Waals surface area contributed by atoms with Crippen LogP contribution in [0.1, 0.15) is 39.5 Å². The molecule has 2 heterocycles. The van der Waals surface area contributed by atoms with Crippen LogP contribution in [0.15, 0.2) is 0 Å². The van der Waals surface area contributed by atoms with Crippen molar-refractivity contribution in [3.05, 3.63) is 0 Å². The van der Waals surface area contributed by atoms with E-state index in [0.29, 0.717) is 0 Å². The Balaban J connectivity index is 0.000000276. The molecule has 0 saturated carbocycles. The Kier molecular flexibility index (Phi) is 11.2. The van der Waals surface area contributed by atoms with E-state index in [-0.39, 0.29) is 0 Å². The quantitative estimate of drug-likeness (QED) is 0.771. The summed E-state index contributed by atoms with van der Waals surface area (Å²) in [4.78, 5) is 5.23. The molecule has 0 bridgehead atoms. The molecule has 0 aromatic rings. The molecule has 2 fully saturated rings. The molecule has 0 unspecified atom stereocenters. The normalized spacial score (nSPS) is 21.3. The molecule has 0 aromatic heterocycles. The van der Waals surface area contributed by atoms with Crippen LogP contribution in [0, 0.1) is 0 Å². The zero-order valence-electron chi connectivity index (χ0n) is 13.8. The molecule has 4 heteroatoms. The van der Waals surface area contributed by atoms with Gasteiger partial charge >= 0.3 is 0 Å². The van der Waals surface area contributed by atoms with Crippen molar-refractivity contribution in [1.82, 2.24) is 20.4 Å². The molecular formula is C16H36N4. The summed E-state index contributed by atoms with van der Waals surface area (Å²) in [5.74, 6) is 0. The first-order chi connectivity index (χ1) is 9.86. The average molecular weight is 284 g/mol. The van der Waals surface area contributed by atoms with E-state index in [9.17, 15) is 0 Å². The highest BCUT2D eigenvalue weighted by Gasteiger charge is 2.14. The fourth-order valence-corrected chi connectivity index (χ4v) is 2.60. The first kappa shape index (κ1) is 17.9. The zero-order chi connectivity index (χ0) is 14.5. The summed E-state index contributed by atoms with van der Waals surface area (Å²) < 4.78 is 0. The maximum Gasteiger partial charge on any atom is 0.0110 e. The molecule has 2 rings (SSSR count). The lowest BCUT2D eigenvalue weighted by molar-refractivity contribution is 0.130. The Morgan fingerprint density at radius 2 is 1.00 bits per heavy atom. The highest BCUT2D eigenvalue weighted by molar-refractivity contribution is 4.71. The average Bonchev–Trinajstić information content (AvgIpc) is 2.54. The molecule has 4 nitrogen and oxygen atoms in total. The molecule has 20 heavy (non-hydrogen) atoms. The number of hydrogen-bond donors (Lipinski definition) is 2. The number of nitrogens with zero attached hydrogens (tertiary/aromatic N) is 2. The van der Waals surface area contributed by atoms with Gasteiger partial charge in [0, 0.05) is 52.4 Å². The number of piperazine rings is 2. The highest BCUT2D eigenvalue weighted by atomic mass is 15.3. The largest absolute Gasteiger partial charge is 0.314 e. The van der Waals surface area contributed by atoms with E-state index in [2.05, 4.69) is 34.3 Å². The van der Waals surface area contributed by atoms with Crippen LogP contribution in [0.2, 0.25) is 0 Å². The minimum absolute atomic E-state index is 1.14. The third-order valence-electron chi connectivity index (χ3n) is 4.08. The van der Waals surface area contributed by atoms with Crippen LogP contribution in [-0.4, -0.2) is 75.2 Å². The summed E-state index contributed by atoms with van der Waals surface area (Å²) in [6.45, 7) is 16.9. The van der Waals surface area contributed by atoms with Gasteiger partial charge in [-0.05, 0) is 25.9 Å². The van der Waals surface area contributed by atoms with Gasteiger partial charge in [-0.15, -0.1) is 0 Å². The van der Waals surface area contributed by atoms with Gasteiger partial charge in [0.1, 0.15) is 0 Å². The first-order valence-corrected chi connectivity index (χ1v) is 8.73. The summed E-state index contributed by atoms with van der Waals surface area (Å²) in [7, 11) is 0. The van der Waals surface area contributed by atoms with Gasteiger partial charge < -0.3 is 20.4 Å². The maximum atomic E-state index is 3.22. The van der Waals surface area contributed by atoms with Crippen molar-refractivity contribution >= 4 is 0 Å². The van der Waals surface area contributed by atoms with Crippen molar-refractivity contribution < 1.29 is 0 Å². The van der Waals surface area contributed by atoms with E-state index in [4.69, 9.17) is 0 Å². The van der Waals surface area contributed by atoms with Crippen molar-refractivity contribution in [2.24, 2.45) is 0 Å². The molecule has 2 aliphatic heterocycles. The second-order valence-electron chi connectivity index (χ2n) is 5.89. The van der Waals surface area contributed by atoms with Crippen LogP contribution >= 0.6 is 0 Å². The SMILES string of the molecule is C1CNCCN1.CCCCN1CCN(CCCC)CC1. The lowest BCUT2D eigenvalue weighted by Crippen LogP contribution is -2.46. The van der Waals surface area contributed by atoms with Crippen molar-refractivity contribution in [2.75, 3.05) is 65.4 Å². The topological polar surface area (TPSA) is 30.5 Å². The van der Waals surface area contributed by atoms with Crippen LogP contribution in [0.5, 0.6) is 0 Å². The summed E-state index contributed by atoms with van der Waals surface area (Å²) >= 11 is 0. The summed E-state index contributed by atoms with van der Waals surface area (Å²) in [5, 5.41) is 6.44. The summed E-state index contributed by atoms with van der Waals surface area (Å²) in [6, 6.07) is 0. The van der Waals surface area contributed by atoms with Crippen molar-refractivity contribution in [3.63, 3.8) is 0 Å². The number of nitrogens with one attached hydrogen (secondary N) is 2. The fourth-order valence-electron chi connectivity index (χ4n) is 2.60. The van der Waals surface area contributed by atoms with Crippen molar-refractivity contribution in [3.8, 4) is 0 Å². The first-order valence-electron chi connectivity index (χ1n) is 8.73. The minimum Gasteiger partial charge on any atom is -0.314 e. The van der Waals surface area contributed by atoms with Gasteiger partial charge in [0.15, 0.2) is 0 Å². The molecule has 120 valence electrons. The van der Waals surface area contributed by atoms with E-state index < -0.39 is 0 Å². The van der Waals surface area contributed by atoms with Crippen LogP contribution in [0.25, 0.3) is 0 Å². The third kappa shape index (κ3) is 8.90. The lowest BCUT2D eigenvalue weighted by Gasteiger charge is -2.34. The maximum absolute atomic E-state index is 3.22. The molecule has 0 aromatic carbocycles. The van der Waals surface area contributed by atoms with Gasteiger partial charge in [-0.1, -0.05) is 26.7 Å². The standard InChI is InChI=1S/C12H26N2.C4H10N2/c1-3-5-7-13-9-11-14(12-10-13)8-6-4-2;1-2-6-4-3-5-1/h3-12H2,1-2H3;5-6H,1-4H2. The Labute approximate surface area is 126 Å². The van der Waals surface area contributed by atoms with Gasteiger partial charge in [-0.25, -0.2) is 0 Å². The predicted molar refractivity (Wildman–Crippen MR) is 88.4 cm³/mol. The molecule has 0 radical (unpaired) electrons. The highest BCUT2D eigenvalue weighted by Crippen LogP contribution is 2.04. The molecule has 0 spiro atoms. The Morgan fingerprint density at radius 1 is 0.650 bits per heavy atom. The van der Waals surface area contributed by atoms with E-state index in [1.54, 1.807) is 0 Å². The smallest absolute Gasteiger partial charge is 0.0110 e. The fraction of sp³-hybridized carbons (Fsp3) is 1.00. The molecule has 2 aliphatic rings. The number of unbranched alkanes of at least 4 members (excludes halogenated alkanes) is 2. The molecule has 2 saturated heterocycles. The minimum atomic E-state index is 1.14. The lowest BCUT2D eigenvalue weighted by atomic mass is 10.2. The Morgan fingerprint density at radius 3 is 1.25 bits per heavy atom. The Bertz CT molecular complexity index is 171. The molecule has 0 atom stereocenters. The van der Waals surface area contributed by atoms with Gasteiger partial charge in [-0.3, -0.25) is 0 Å². The Hall–Kier alpha value is -0.160.